The summed E-state index contributed by atoms with van der Waals surface area (Å²) < 4.78 is 26.8. The fraction of sp³-hybridized carbons (Fsp3) is 1.00. The van der Waals surface area contributed by atoms with Crippen molar-refractivity contribution in [3.8, 4) is 0 Å². The third-order valence-corrected chi connectivity index (χ3v) is 11.8. The number of aliphatic hydroxyl groups excluding tert-OH is 1. The molecule has 0 radical (unpaired) electrons. The van der Waals surface area contributed by atoms with Crippen molar-refractivity contribution in [3.05, 3.63) is 0 Å². The molecular weight excluding hydrogens is 552 g/mol. The lowest BCUT2D eigenvalue weighted by molar-refractivity contribution is -0.304. The zero-order valence-corrected chi connectivity index (χ0v) is 26.5. The Kier molecular flexibility index (Phi) is 8.59. The number of aliphatic hydroxyl groups is 3. The minimum absolute atomic E-state index is 0.0231. The van der Waals surface area contributed by atoms with Crippen LogP contribution >= 0.6 is 15.9 Å². The first kappa shape index (κ1) is 31.1. The summed E-state index contributed by atoms with van der Waals surface area (Å²) in [6.07, 6.45) is 6.61. The monoisotopic (exact) mass is 604 g/mol. The normalized spacial score (nSPS) is 46.3. The van der Waals surface area contributed by atoms with Gasteiger partial charge in [0, 0.05) is 4.83 Å². The Bertz CT molecular complexity index is 843. The molecule has 222 valence electrons. The Balaban J connectivity index is 1.36. The third kappa shape index (κ3) is 6.18. The van der Waals surface area contributed by atoms with Gasteiger partial charge in [-0.2, -0.15) is 0 Å². The molecule has 10 atom stereocenters. The van der Waals surface area contributed by atoms with E-state index in [1.807, 2.05) is 0 Å². The molecule has 7 nitrogen and oxygen atoms in total. The van der Waals surface area contributed by atoms with Gasteiger partial charge in [0.25, 0.3) is 0 Å². The molecule has 4 fully saturated rings. The second kappa shape index (κ2) is 10.5. The van der Waals surface area contributed by atoms with Crippen LogP contribution in [-0.2, 0) is 18.9 Å². The smallest absolute Gasteiger partial charge is 0.0923 e. The van der Waals surface area contributed by atoms with Crippen LogP contribution in [0.5, 0.6) is 0 Å². The first-order valence-corrected chi connectivity index (χ1v) is 15.7. The first-order valence-electron chi connectivity index (χ1n) is 14.8. The fourth-order valence-electron chi connectivity index (χ4n) is 7.24. The summed E-state index contributed by atoms with van der Waals surface area (Å²) >= 11 is 3.80. The molecule has 0 aromatic heterocycles. The summed E-state index contributed by atoms with van der Waals surface area (Å²) in [6, 6.07) is 0. The molecule has 3 N–H and O–H groups in total. The lowest BCUT2D eigenvalue weighted by atomic mass is 9.75. The highest BCUT2D eigenvalue weighted by Crippen LogP contribution is 2.50. The van der Waals surface area contributed by atoms with Gasteiger partial charge < -0.3 is 34.3 Å². The largest absolute Gasteiger partial charge is 0.390 e. The third-order valence-electron chi connectivity index (χ3n) is 10.3. The Morgan fingerprint density at radius 1 is 0.789 bits per heavy atom. The van der Waals surface area contributed by atoms with E-state index < -0.39 is 22.9 Å². The van der Waals surface area contributed by atoms with Gasteiger partial charge in [-0.05, 0) is 120 Å². The second-order valence-electron chi connectivity index (χ2n) is 14.7. The van der Waals surface area contributed by atoms with Crippen LogP contribution in [0, 0.1) is 0 Å². The fourth-order valence-corrected chi connectivity index (χ4v) is 7.57. The maximum Gasteiger partial charge on any atom is 0.0923 e. The molecule has 4 heterocycles. The predicted octanol–water partition coefficient (Wildman–Crippen LogP) is 5.18. The maximum absolute atomic E-state index is 11.2. The zero-order valence-electron chi connectivity index (χ0n) is 24.9. The van der Waals surface area contributed by atoms with Gasteiger partial charge in [-0.25, -0.2) is 0 Å². The van der Waals surface area contributed by atoms with Crippen LogP contribution in [-0.4, -0.2) is 84.3 Å². The van der Waals surface area contributed by atoms with Crippen molar-refractivity contribution in [2.75, 3.05) is 0 Å². The number of hydrogen-bond acceptors (Lipinski definition) is 7. The Morgan fingerprint density at radius 3 is 1.97 bits per heavy atom. The van der Waals surface area contributed by atoms with Gasteiger partial charge in [0.15, 0.2) is 0 Å². The minimum atomic E-state index is -1.20. The molecule has 0 spiro atoms. The van der Waals surface area contributed by atoms with Crippen molar-refractivity contribution in [2.24, 2.45) is 0 Å². The number of rotatable bonds is 7. The van der Waals surface area contributed by atoms with Gasteiger partial charge in [-0.3, -0.25) is 0 Å². The van der Waals surface area contributed by atoms with Crippen LogP contribution in [0.25, 0.3) is 0 Å². The highest BCUT2D eigenvalue weighted by Gasteiger charge is 2.57. The molecule has 38 heavy (non-hydrogen) atoms. The number of ether oxygens (including phenoxy) is 4. The van der Waals surface area contributed by atoms with Gasteiger partial charge in [0.05, 0.1) is 64.1 Å². The summed E-state index contributed by atoms with van der Waals surface area (Å²) in [6.45, 7) is 15.8. The van der Waals surface area contributed by atoms with Gasteiger partial charge in [-0.1, -0.05) is 15.9 Å². The SMILES string of the molecule is CC(C)(O)[C@@H](O)CC[C@@](C)(O)[C@@H]1CC[C@](C)([C@H]2CC[C@H]3O[C@@H]([C@]4(C)CC[C@@H](Br)C(C)(C)O4)CC[C@]3(C)O2)O1. The number of fused-ring (bicyclic) bond motifs is 1. The van der Waals surface area contributed by atoms with Crippen LogP contribution in [0.2, 0.25) is 0 Å². The van der Waals surface area contributed by atoms with Crippen LogP contribution in [0.15, 0.2) is 0 Å². The summed E-state index contributed by atoms with van der Waals surface area (Å²) in [5, 5.41) is 31.5. The van der Waals surface area contributed by atoms with Crippen LogP contribution in [0.4, 0.5) is 0 Å². The zero-order chi connectivity index (χ0) is 28.4. The van der Waals surface area contributed by atoms with E-state index in [4.69, 9.17) is 18.9 Å². The van der Waals surface area contributed by atoms with Gasteiger partial charge in [0.2, 0.25) is 0 Å². The summed E-state index contributed by atoms with van der Waals surface area (Å²) in [7, 11) is 0. The number of halogens is 1. The second-order valence-corrected chi connectivity index (χ2v) is 15.8. The molecule has 0 amide bonds. The molecule has 0 aliphatic carbocycles. The molecule has 4 rings (SSSR count). The van der Waals surface area contributed by atoms with Gasteiger partial charge in [0.1, 0.15) is 0 Å². The minimum Gasteiger partial charge on any atom is -0.390 e. The molecule has 0 unspecified atom stereocenters. The van der Waals surface area contributed by atoms with E-state index in [0.29, 0.717) is 17.7 Å². The van der Waals surface area contributed by atoms with Crippen LogP contribution < -0.4 is 0 Å². The standard InChI is InChI=1S/C30H53BrO7/c1-25(2,33)20(32)12-15-27(5,34)21-13-17-29(7,36-21)24-10-9-22-28(6,37-24)18-14-23(35-22)30(8)16-11-19(31)26(3,4)38-30/h19-24,32-34H,9-18H2,1-8H3/t19-,20+,21+,22-,23-,24-,27-,28+,29-,30+/m1/s1. The van der Waals surface area contributed by atoms with Crippen molar-refractivity contribution >= 4 is 15.9 Å². The molecule has 0 saturated carbocycles. The molecule has 8 heteroatoms. The molecular formula is C30H53BrO7. The quantitative estimate of drug-likeness (QED) is 0.344. The Hall–Kier alpha value is 0.200. The molecule has 0 bridgehead atoms. The highest BCUT2D eigenvalue weighted by molar-refractivity contribution is 9.09. The summed E-state index contributed by atoms with van der Waals surface area (Å²) in [5.74, 6) is 0. The van der Waals surface area contributed by atoms with E-state index in [2.05, 4.69) is 50.5 Å². The van der Waals surface area contributed by atoms with E-state index in [0.717, 1.165) is 51.4 Å². The molecule has 4 saturated heterocycles. The Labute approximate surface area is 238 Å². The highest BCUT2D eigenvalue weighted by atomic mass is 79.9. The predicted molar refractivity (Wildman–Crippen MR) is 151 cm³/mol. The van der Waals surface area contributed by atoms with Crippen molar-refractivity contribution in [1.82, 2.24) is 0 Å². The van der Waals surface area contributed by atoms with Crippen LogP contribution in [0.1, 0.15) is 120 Å². The van der Waals surface area contributed by atoms with E-state index in [1.54, 1.807) is 20.8 Å². The van der Waals surface area contributed by atoms with E-state index >= 15 is 0 Å². The van der Waals surface area contributed by atoms with Crippen LogP contribution in [0.3, 0.4) is 0 Å². The topological polar surface area (TPSA) is 97.6 Å². The van der Waals surface area contributed by atoms with Crippen molar-refractivity contribution in [1.29, 1.82) is 0 Å². The van der Waals surface area contributed by atoms with Crippen molar-refractivity contribution in [3.63, 3.8) is 0 Å². The molecule has 0 aromatic carbocycles. The first-order chi connectivity index (χ1) is 17.3. The number of alkyl halides is 1. The average Bonchev–Trinajstić information content (AvgIpc) is 3.22. The van der Waals surface area contributed by atoms with Crippen molar-refractivity contribution < 1.29 is 34.3 Å². The van der Waals surface area contributed by atoms with E-state index in [1.165, 1.54) is 0 Å². The van der Waals surface area contributed by atoms with E-state index in [-0.39, 0.29) is 41.2 Å². The van der Waals surface area contributed by atoms with Gasteiger partial charge >= 0.3 is 0 Å². The Morgan fingerprint density at radius 2 is 1.34 bits per heavy atom. The average molecular weight is 606 g/mol. The molecule has 4 aliphatic heterocycles. The van der Waals surface area contributed by atoms with Crippen molar-refractivity contribution in [2.45, 2.75) is 189 Å². The molecule has 0 aromatic rings. The molecule has 4 aliphatic rings. The number of hydrogen-bond donors (Lipinski definition) is 3. The lowest BCUT2D eigenvalue weighted by Crippen LogP contribution is -2.63. The van der Waals surface area contributed by atoms with E-state index in [9.17, 15) is 15.3 Å². The summed E-state index contributed by atoms with van der Waals surface area (Å²) in [4.78, 5) is 0.346. The summed E-state index contributed by atoms with van der Waals surface area (Å²) in [5.41, 5.74) is -3.68. The lowest BCUT2D eigenvalue weighted by Gasteiger charge is -2.56. The van der Waals surface area contributed by atoms with Gasteiger partial charge in [-0.15, -0.1) is 0 Å². The maximum atomic E-state index is 11.2.